The van der Waals surface area contributed by atoms with Crippen molar-refractivity contribution < 1.29 is 18.9 Å². The molecule has 2 aromatic carbocycles. The molecule has 1 heterocycles. The maximum Gasteiger partial charge on any atom is 0.203 e. The molecule has 0 aliphatic carbocycles. The Balaban J connectivity index is 1.87. The predicted molar refractivity (Wildman–Crippen MR) is 97.2 cm³/mol. The first-order valence-electron chi connectivity index (χ1n) is 8.02. The molecular formula is C19H21N3O4. The fourth-order valence-corrected chi connectivity index (χ4v) is 2.65. The minimum absolute atomic E-state index is 0.546. The quantitative estimate of drug-likeness (QED) is 0.649. The third-order valence-corrected chi connectivity index (χ3v) is 4.00. The topological polar surface area (TPSA) is 67.6 Å². The molecule has 0 saturated carbocycles. The minimum Gasteiger partial charge on any atom is -0.497 e. The molecule has 0 saturated heterocycles. The summed E-state index contributed by atoms with van der Waals surface area (Å²) in [5.41, 5.74) is 2.66. The summed E-state index contributed by atoms with van der Waals surface area (Å²) in [7, 11) is 6.39. The Morgan fingerprint density at radius 3 is 2.04 bits per heavy atom. The van der Waals surface area contributed by atoms with Crippen LogP contribution >= 0.6 is 0 Å². The van der Waals surface area contributed by atoms with Crippen LogP contribution in [-0.2, 0) is 6.54 Å². The molecule has 3 rings (SSSR count). The number of ether oxygens (including phenoxy) is 4. The van der Waals surface area contributed by atoms with Gasteiger partial charge in [-0.15, -0.1) is 5.10 Å². The van der Waals surface area contributed by atoms with Gasteiger partial charge in [-0.05, 0) is 29.8 Å². The molecule has 0 unspecified atom stereocenters. The second-order valence-electron chi connectivity index (χ2n) is 5.56. The highest BCUT2D eigenvalue weighted by Gasteiger charge is 2.15. The van der Waals surface area contributed by atoms with E-state index >= 15 is 0 Å². The van der Waals surface area contributed by atoms with Crippen molar-refractivity contribution in [1.82, 2.24) is 15.0 Å². The molecular weight excluding hydrogens is 334 g/mol. The summed E-state index contributed by atoms with van der Waals surface area (Å²) >= 11 is 0. The van der Waals surface area contributed by atoms with E-state index in [9.17, 15) is 0 Å². The molecule has 136 valence electrons. The minimum atomic E-state index is 0.546. The standard InChI is InChI=1S/C19H21N3O4/c1-23-15-7-5-13(6-8-15)11-22-12-16(20-21-22)14-9-17(24-2)19(26-4)18(10-14)25-3/h5-10,12H,11H2,1-4H3. The lowest BCUT2D eigenvalue weighted by Crippen LogP contribution is -2.00. The van der Waals surface area contributed by atoms with Crippen molar-refractivity contribution in [3.8, 4) is 34.3 Å². The largest absolute Gasteiger partial charge is 0.497 e. The van der Waals surface area contributed by atoms with Crippen LogP contribution in [0.1, 0.15) is 5.56 Å². The van der Waals surface area contributed by atoms with E-state index in [4.69, 9.17) is 18.9 Å². The van der Waals surface area contributed by atoms with Gasteiger partial charge < -0.3 is 18.9 Å². The van der Waals surface area contributed by atoms with Crippen molar-refractivity contribution in [1.29, 1.82) is 0 Å². The number of nitrogens with zero attached hydrogens (tertiary/aromatic N) is 3. The third kappa shape index (κ3) is 3.56. The number of hydrogen-bond acceptors (Lipinski definition) is 6. The van der Waals surface area contributed by atoms with Gasteiger partial charge in [0.25, 0.3) is 0 Å². The molecule has 0 spiro atoms. The van der Waals surface area contributed by atoms with Gasteiger partial charge in [-0.2, -0.15) is 0 Å². The Morgan fingerprint density at radius 2 is 1.50 bits per heavy atom. The van der Waals surface area contributed by atoms with E-state index in [1.165, 1.54) is 0 Å². The fraction of sp³-hybridized carbons (Fsp3) is 0.263. The van der Waals surface area contributed by atoms with Crippen LogP contribution < -0.4 is 18.9 Å². The summed E-state index contributed by atoms with van der Waals surface area (Å²) < 4.78 is 23.1. The zero-order chi connectivity index (χ0) is 18.5. The van der Waals surface area contributed by atoms with Gasteiger partial charge in [0.05, 0.1) is 41.2 Å². The molecule has 0 aliphatic heterocycles. The molecule has 0 amide bonds. The zero-order valence-corrected chi connectivity index (χ0v) is 15.2. The number of methoxy groups -OCH3 is 4. The van der Waals surface area contributed by atoms with E-state index in [1.807, 2.05) is 42.6 Å². The van der Waals surface area contributed by atoms with E-state index in [-0.39, 0.29) is 0 Å². The second-order valence-corrected chi connectivity index (χ2v) is 5.56. The average Bonchev–Trinajstić information content (AvgIpc) is 3.15. The molecule has 1 aromatic heterocycles. The van der Waals surface area contributed by atoms with Crippen LogP contribution in [0.5, 0.6) is 23.0 Å². The van der Waals surface area contributed by atoms with Crippen LogP contribution in [0.4, 0.5) is 0 Å². The summed E-state index contributed by atoms with van der Waals surface area (Å²) in [6.07, 6.45) is 1.88. The lowest BCUT2D eigenvalue weighted by Gasteiger charge is -2.13. The van der Waals surface area contributed by atoms with Crippen molar-refractivity contribution in [3.05, 3.63) is 48.2 Å². The SMILES string of the molecule is COc1ccc(Cn2cc(-c3cc(OC)c(OC)c(OC)c3)nn2)cc1. The van der Waals surface area contributed by atoms with Gasteiger partial charge in [-0.25, -0.2) is 4.68 Å². The van der Waals surface area contributed by atoms with Crippen molar-refractivity contribution in [2.75, 3.05) is 28.4 Å². The molecule has 0 radical (unpaired) electrons. The first-order valence-corrected chi connectivity index (χ1v) is 8.02. The van der Waals surface area contributed by atoms with Crippen molar-refractivity contribution >= 4 is 0 Å². The van der Waals surface area contributed by atoms with Crippen LogP contribution in [0, 0.1) is 0 Å². The van der Waals surface area contributed by atoms with Gasteiger partial charge in [0.15, 0.2) is 11.5 Å². The Hall–Kier alpha value is -3.22. The van der Waals surface area contributed by atoms with Crippen LogP contribution in [0.15, 0.2) is 42.6 Å². The van der Waals surface area contributed by atoms with E-state index < -0.39 is 0 Å². The smallest absolute Gasteiger partial charge is 0.203 e. The van der Waals surface area contributed by atoms with Crippen LogP contribution in [-0.4, -0.2) is 43.4 Å². The maximum atomic E-state index is 5.39. The molecule has 7 heteroatoms. The lowest BCUT2D eigenvalue weighted by atomic mass is 10.1. The van der Waals surface area contributed by atoms with Gasteiger partial charge >= 0.3 is 0 Å². The molecule has 0 fully saturated rings. The molecule has 7 nitrogen and oxygen atoms in total. The maximum absolute atomic E-state index is 5.39. The second kappa shape index (κ2) is 7.77. The number of aromatic nitrogens is 3. The Morgan fingerprint density at radius 1 is 0.846 bits per heavy atom. The van der Waals surface area contributed by atoms with Crippen molar-refractivity contribution in [2.45, 2.75) is 6.54 Å². The highest BCUT2D eigenvalue weighted by molar-refractivity contribution is 5.68. The van der Waals surface area contributed by atoms with Gasteiger partial charge in [-0.1, -0.05) is 17.3 Å². The molecule has 0 N–H and O–H groups in total. The van der Waals surface area contributed by atoms with Gasteiger partial charge in [0, 0.05) is 5.56 Å². The van der Waals surface area contributed by atoms with Crippen LogP contribution in [0.25, 0.3) is 11.3 Å². The first kappa shape index (κ1) is 17.6. The molecule has 26 heavy (non-hydrogen) atoms. The highest BCUT2D eigenvalue weighted by atomic mass is 16.5. The summed E-state index contributed by atoms with van der Waals surface area (Å²) in [6.45, 7) is 0.613. The van der Waals surface area contributed by atoms with Gasteiger partial charge in [0.1, 0.15) is 11.4 Å². The molecule has 3 aromatic rings. The summed E-state index contributed by atoms with van der Waals surface area (Å²) in [6, 6.07) is 11.5. The van der Waals surface area contributed by atoms with E-state index in [1.54, 1.807) is 33.1 Å². The first-order chi connectivity index (χ1) is 12.7. The van der Waals surface area contributed by atoms with Crippen LogP contribution in [0.2, 0.25) is 0 Å². The van der Waals surface area contributed by atoms with E-state index in [2.05, 4.69) is 10.3 Å². The zero-order valence-electron chi connectivity index (χ0n) is 15.2. The summed E-state index contributed by atoms with van der Waals surface area (Å²) in [4.78, 5) is 0. The van der Waals surface area contributed by atoms with Gasteiger partial charge in [0.2, 0.25) is 5.75 Å². The number of rotatable bonds is 7. The average molecular weight is 355 g/mol. The summed E-state index contributed by atoms with van der Waals surface area (Å²) in [5.74, 6) is 2.52. The van der Waals surface area contributed by atoms with Crippen LogP contribution in [0.3, 0.4) is 0 Å². The Bertz CT molecular complexity index is 850. The highest BCUT2D eigenvalue weighted by Crippen LogP contribution is 2.40. The molecule has 0 bridgehead atoms. The van der Waals surface area contributed by atoms with Crippen molar-refractivity contribution in [3.63, 3.8) is 0 Å². The Kier molecular flexibility index (Phi) is 5.26. The Labute approximate surface area is 152 Å². The normalized spacial score (nSPS) is 10.5. The number of benzene rings is 2. The van der Waals surface area contributed by atoms with Crippen molar-refractivity contribution in [2.24, 2.45) is 0 Å². The number of hydrogen-bond donors (Lipinski definition) is 0. The lowest BCUT2D eigenvalue weighted by molar-refractivity contribution is 0.324. The molecule has 0 aliphatic rings. The van der Waals surface area contributed by atoms with E-state index in [0.29, 0.717) is 23.8 Å². The van der Waals surface area contributed by atoms with Gasteiger partial charge in [-0.3, -0.25) is 0 Å². The monoisotopic (exact) mass is 355 g/mol. The third-order valence-electron chi connectivity index (χ3n) is 4.00. The molecule has 0 atom stereocenters. The fourth-order valence-electron chi connectivity index (χ4n) is 2.65. The van der Waals surface area contributed by atoms with E-state index in [0.717, 1.165) is 22.6 Å². The summed E-state index contributed by atoms with van der Waals surface area (Å²) in [5, 5.41) is 8.47. The predicted octanol–water partition coefficient (Wildman–Crippen LogP) is 3.03.